The predicted octanol–water partition coefficient (Wildman–Crippen LogP) is 2.58. The van der Waals surface area contributed by atoms with E-state index in [0.29, 0.717) is 13.0 Å². The molecule has 0 radical (unpaired) electrons. The molecule has 3 unspecified atom stereocenters. The number of aliphatic hydroxyl groups excluding tert-OH is 1. The Morgan fingerprint density at radius 3 is 2.90 bits per heavy atom. The molecule has 1 aromatic carbocycles. The van der Waals surface area contributed by atoms with Gasteiger partial charge in [0.25, 0.3) is 0 Å². The molecule has 112 valence electrons. The molecule has 20 heavy (non-hydrogen) atoms. The smallest absolute Gasteiger partial charge is 0.123 e. The molecular weight excluding hydrogens is 257 g/mol. The van der Waals surface area contributed by atoms with Crippen molar-refractivity contribution in [2.75, 3.05) is 13.2 Å². The van der Waals surface area contributed by atoms with Crippen LogP contribution < -0.4 is 5.73 Å². The number of aliphatic hydroxyl groups is 1. The van der Waals surface area contributed by atoms with Crippen LogP contribution in [0.5, 0.6) is 0 Å². The van der Waals surface area contributed by atoms with Gasteiger partial charge in [-0.15, -0.1) is 0 Å². The van der Waals surface area contributed by atoms with E-state index in [1.165, 1.54) is 18.6 Å². The maximum Gasteiger partial charge on any atom is 0.123 e. The molecular formula is C16H24FNO2. The molecule has 1 aliphatic rings. The van der Waals surface area contributed by atoms with Crippen molar-refractivity contribution in [2.45, 2.75) is 50.2 Å². The van der Waals surface area contributed by atoms with Gasteiger partial charge in [-0.25, -0.2) is 4.39 Å². The van der Waals surface area contributed by atoms with E-state index < -0.39 is 6.10 Å². The van der Waals surface area contributed by atoms with Gasteiger partial charge in [0, 0.05) is 19.1 Å². The van der Waals surface area contributed by atoms with Gasteiger partial charge >= 0.3 is 0 Å². The van der Waals surface area contributed by atoms with Crippen LogP contribution in [0.1, 0.15) is 43.6 Å². The monoisotopic (exact) mass is 281 g/mol. The van der Waals surface area contributed by atoms with E-state index in [9.17, 15) is 9.50 Å². The summed E-state index contributed by atoms with van der Waals surface area (Å²) in [5, 5.41) is 10.3. The van der Waals surface area contributed by atoms with Crippen LogP contribution in [0.25, 0.3) is 0 Å². The second-order valence-corrected chi connectivity index (χ2v) is 5.53. The maximum absolute atomic E-state index is 13.3. The normalized spacial score (nSPS) is 22.4. The fraction of sp³-hybridized carbons (Fsp3) is 0.625. The minimum Gasteiger partial charge on any atom is -0.392 e. The summed E-state index contributed by atoms with van der Waals surface area (Å²) in [6.07, 6.45) is 4.59. The van der Waals surface area contributed by atoms with E-state index in [-0.39, 0.29) is 17.8 Å². The summed E-state index contributed by atoms with van der Waals surface area (Å²) in [5.41, 5.74) is 6.52. The fourth-order valence-electron chi connectivity index (χ4n) is 2.85. The molecule has 4 heteroatoms. The van der Waals surface area contributed by atoms with Gasteiger partial charge < -0.3 is 15.6 Å². The summed E-state index contributed by atoms with van der Waals surface area (Å²) in [6, 6.07) is 6.34. The molecule has 1 aromatic rings. The number of hydrogen-bond donors (Lipinski definition) is 2. The molecule has 1 heterocycles. The van der Waals surface area contributed by atoms with Crippen molar-refractivity contribution >= 4 is 0 Å². The Morgan fingerprint density at radius 2 is 2.25 bits per heavy atom. The second-order valence-electron chi connectivity index (χ2n) is 5.53. The zero-order valence-corrected chi connectivity index (χ0v) is 11.8. The van der Waals surface area contributed by atoms with E-state index in [1.54, 1.807) is 6.07 Å². The zero-order valence-electron chi connectivity index (χ0n) is 11.8. The molecule has 3 nitrogen and oxygen atoms in total. The lowest BCUT2D eigenvalue weighted by molar-refractivity contribution is 0.000425. The van der Waals surface area contributed by atoms with Gasteiger partial charge in [-0.3, -0.25) is 0 Å². The van der Waals surface area contributed by atoms with Crippen LogP contribution in [0, 0.1) is 5.82 Å². The van der Waals surface area contributed by atoms with Crippen molar-refractivity contribution < 1.29 is 14.2 Å². The van der Waals surface area contributed by atoms with Gasteiger partial charge in [0.15, 0.2) is 0 Å². The third kappa shape index (κ3) is 4.27. The minimum atomic E-state index is -0.549. The highest BCUT2D eigenvalue weighted by molar-refractivity contribution is 5.22. The van der Waals surface area contributed by atoms with Crippen LogP contribution >= 0.6 is 0 Å². The number of ether oxygens (including phenoxy) is 1. The average molecular weight is 281 g/mol. The summed E-state index contributed by atoms with van der Waals surface area (Å²) in [4.78, 5) is 0. The molecule has 1 saturated heterocycles. The highest BCUT2D eigenvalue weighted by Crippen LogP contribution is 2.25. The molecule has 0 aromatic heterocycles. The van der Waals surface area contributed by atoms with Crippen molar-refractivity contribution in [3.05, 3.63) is 35.6 Å². The molecule has 0 aliphatic carbocycles. The summed E-state index contributed by atoms with van der Waals surface area (Å²) >= 11 is 0. The number of halogens is 1. The van der Waals surface area contributed by atoms with Crippen molar-refractivity contribution in [3.8, 4) is 0 Å². The molecule has 3 atom stereocenters. The summed E-state index contributed by atoms with van der Waals surface area (Å²) in [7, 11) is 0. The lowest BCUT2D eigenvalue weighted by Gasteiger charge is -2.26. The van der Waals surface area contributed by atoms with Gasteiger partial charge in [0.05, 0.1) is 12.2 Å². The quantitative estimate of drug-likeness (QED) is 0.842. The van der Waals surface area contributed by atoms with Crippen molar-refractivity contribution in [1.82, 2.24) is 0 Å². The van der Waals surface area contributed by atoms with Gasteiger partial charge in [0.2, 0.25) is 0 Å². The van der Waals surface area contributed by atoms with E-state index in [4.69, 9.17) is 10.5 Å². The number of benzene rings is 1. The first kappa shape index (κ1) is 15.4. The Morgan fingerprint density at radius 1 is 1.40 bits per heavy atom. The van der Waals surface area contributed by atoms with E-state index in [2.05, 4.69) is 0 Å². The first-order valence-corrected chi connectivity index (χ1v) is 7.46. The molecule has 0 amide bonds. The van der Waals surface area contributed by atoms with Gasteiger partial charge in [-0.2, -0.15) is 0 Å². The number of nitrogens with two attached hydrogens (primary N) is 1. The largest absolute Gasteiger partial charge is 0.392 e. The lowest BCUT2D eigenvalue weighted by Crippen LogP contribution is -2.28. The van der Waals surface area contributed by atoms with Gasteiger partial charge in [-0.05, 0) is 49.8 Å². The van der Waals surface area contributed by atoms with Gasteiger partial charge in [-0.1, -0.05) is 12.1 Å². The Hall–Kier alpha value is -0.970. The molecule has 1 fully saturated rings. The zero-order chi connectivity index (χ0) is 14.4. The van der Waals surface area contributed by atoms with Crippen LogP contribution in [-0.2, 0) is 4.74 Å². The lowest BCUT2D eigenvalue weighted by atomic mass is 9.89. The third-order valence-corrected chi connectivity index (χ3v) is 4.05. The molecule has 0 bridgehead atoms. The second kappa shape index (κ2) is 7.72. The Kier molecular flexibility index (Phi) is 5.95. The van der Waals surface area contributed by atoms with Crippen LogP contribution in [0.15, 0.2) is 24.3 Å². The van der Waals surface area contributed by atoms with E-state index in [1.807, 2.05) is 6.07 Å². The molecule has 0 spiro atoms. The van der Waals surface area contributed by atoms with E-state index >= 15 is 0 Å². The average Bonchev–Trinajstić information content (AvgIpc) is 2.47. The van der Waals surface area contributed by atoms with Crippen molar-refractivity contribution in [2.24, 2.45) is 5.73 Å². The summed E-state index contributed by atoms with van der Waals surface area (Å²) in [5.74, 6) is -0.502. The number of hydrogen-bond acceptors (Lipinski definition) is 3. The van der Waals surface area contributed by atoms with Gasteiger partial charge in [0.1, 0.15) is 5.82 Å². The third-order valence-electron chi connectivity index (χ3n) is 4.05. The standard InChI is InChI=1S/C16H24FNO2/c17-13-5-3-4-12(10-13)15(11-18)16(19)8-7-14-6-1-2-9-20-14/h3-5,10,14-16,19H,1-2,6-9,11,18H2. The van der Waals surface area contributed by atoms with Crippen LogP contribution in [0.3, 0.4) is 0 Å². The summed E-state index contributed by atoms with van der Waals surface area (Å²) in [6.45, 7) is 1.14. The molecule has 3 N–H and O–H groups in total. The Labute approximate surface area is 119 Å². The van der Waals surface area contributed by atoms with Crippen LogP contribution in [-0.4, -0.2) is 30.5 Å². The first-order chi connectivity index (χ1) is 9.70. The van der Waals surface area contributed by atoms with Crippen molar-refractivity contribution in [1.29, 1.82) is 0 Å². The molecule has 1 aliphatic heterocycles. The Balaban J connectivity index is 1.89. The fourth-order valence-corrected chi connectivity index (χ4v) is 2.85. The molecule has 0 saturated carbocycles. The SMILES string of the molecule is NCC(c1cccc(F)c1)C(O)CCC1CCCCO1. The van der Waals surface area contributed by atoms with Crippen molar-refractivity contribution in [3.63, 3.8) is 0 Å². The van der Waals surface area contributed by atoms with E-state index in [0.717, 1.165) is 31.4 Å². The topological polar surface area (TPSA) is 55.5 Å². The molecule has 2 rings (SSSR count). The highest BCUT2D eigenvalue weighted by atomic mass is 19.1. The number of rotatable bonds is 6. The highest BCUT2D eigenvalue weighted by Gasteiger charge is 2.22. The minimum absolute atomic E-state index is 0.214. The maximum atomic E-state index is 13.3. The first-order valence-electron chi connectivity index (χ1n) is 7.46. The van der Waals surface area contributed by atoms with Crippen LogP contribution in [0.4, 0.5) is 4.39 Å². The van der Waals surface area contributed by atoms with Crippen LogP contribution in [0.2, 0.25) is 0 Å². The predicted molar refractivity (Wildman–Crippen MR) is 77.0 cm³/mol. The summed E-state index contributed by atoms with van der Waals surface area (Å²) < 4.78 is 18.9. The Bertz CT molecular complexity index is 407.